The van der Waals surface area contributed by atoms with E-state index >= 15 is 0 Å². The lowest BCUT2D eigenvalue weighted by atomic mass is 10.1. The Morgan fingerprint density at radius 1 is 0.967 bits per heavy atom. The summed E-state index contributed by atoms with van der Waals surface area (Å²) in [6, 6.07) is 7.20. The van der Waals surface area contributed by atoms with E-state index in [1.165, 1.54) is 0 Å². The van der Waals surface area contributed by atoms with E-state index in [9.17, 15) is 13.2 Å². The van der Waals surface area contributed by atoms with Crippen LogP contribution in [0.2, 0.25) is 0 Å². The normalized spacial score (nSPS) is 11.8. The summed E-state index contributed by atoms with van der Waals surface area (Å²) in [5.41, 5.74) is 1.66. The molecule has 10 heteroatoms. The number of hydrogen-bond acceptors (Lipinski definition) is 4. The lowest BCUT2D eigenvalue weighted by Gasteiger charge is -2.11. The van der Waals surface area contributed by atoms with E-state index in [0.29, 0.717) is 31.9 Å². The van der Waals surface area contributed by atoms with E-state index in [4.69, 9.17) is 9.47 Å². The van der Waals surface area contributed by atoms with Crippen molar-refractivity contribution in [2.45, 2.75) is 39.1 Å². The summed E-state index contributed by atoms with van der Waals surface area (Å²) in [6.07, 6.45) is -2.39. The molecule has 0 unspecified atom stereocenters. The van der Waals surface area contributed by atoms with Crippen molar-refractivity contribution in [1.29, 1.82) is 0 Å². The number of nitrogens with one attached hydrogen (secondary N) is 2. The fourth-order valence-corrected chi connectivity index (χ4v) is 2.32. The number of guanidine groups is 1. The summed E-state index contributed by atoms with van der Waals surface area (Å²) in [7, 11) is 1.65. The van der Waals surface area contributed by atoms with E-state index in [-0.39, 0.29) is 30.6 Å². The fraction of sp³-hybridized carbons (Fsp3) is 0.650. The molecule has 0 saturated heterocycles. The SMILES string of the molecule is CCNC(=NCc1ccc(COCC(F)(F)F)cc1)NCCCCOCCOC.I. The van der Waals surface area contributed by atoms with Gasteiger partial charge >= 0.3 is 6.18 Å². The third-order valence-electron chi connectivity index (χ3n) is 3.76. The minimum Gasteiger partial charge on any atom is -0.382 e. The zero-order valence-corrected chi connectivity index (χ0v) is 19.9. The Kier molecular flexibility index (Phi) is 16.9. The first-order valence-electron chi connectivity index (χ1n) is 9.75. The van der Waals surface area contributed by atoms with Gasteiger partial charge < -0.3 is 24.8 Å². The molecule has 0 bridgehead atoms. The van der Waals surface area contributed by atoms with Gasteiger partial charge in [-0.25, -0.2) is 4.99 Å². The molecule has 0 amide bonds. The van der Waals surface area contributed by atoms with Crippen LogP contribution in [0.5, 0.6) is 0 Å². The van der Waals surface area contributed by atoms with Gasteiger partial charge in [0.1, 0.15) is 6.61 Å². The van der Waals surface area contributed by atoms with Crippen LogP contribution in [-0.4, -0.2) is 58.8 Å². The quantitative estimate of drug-likeness (QED) is 0.160. The minimum atomic E-state index is -4.30. The van der Waals surface area contributed by atoms with Gasteiger partial charge in [0.2, 0.25) is 0 Å². The highest BCUT2D eigenvalue weighted by molar-refractivity contribution is 14.0. The van der Waals surface area contributed by atoms with Crippen LogP contribution >= 0.6 is 24.0 Å². The first-order valence-corrected chi connectivity index (χ1v) is 9.75. The second-order valence-corrected chi connectivity index (χ2v) is 6.36. The highest BCUT2D eigenvalue weighted by Gasteiger charge is 2.27. The Hall–Kier alpha value is -1.11. The Morgan fingerprint density at radius 3 is 2.30 bits per heavy atom. The van der Waals surface area contributed by atoms with E-state index in [2.05, 4.69) is 20.4 Å². The number of aliphatic imine (C=N–C) groups is 1. The van der Waals surface area contributed by atoms with Gasteiger partial charge in [0.25, 0.3) is 0 Å². The third-order valence-corrected chi connectivity index (χ3v) is 3.76. The highest BCUT2D eigenvalue weighted by atomic mass is 127. The first-order chi connectivity index (χ1) is 13.9. The monoisotopic (exact) mass is 547 g/mol. The number of rotatable bonds is 14. The Labute approximate surface area is 194 Å². The van der Waals surface area contributed by atoms with E-state index < -0.39 is 12.8 Å². The molecular weight excluding hydrogens is 514 g/mol. The van der Waals surface area contributed by atoms with Gasteiger partial charge in [0, 0.05) is 26.8 Å². The molecule has 0 saturated carbocycles. The molecule has 1 aromatic carbocycles. The maximum atomic E-state index is 12.1. The summed E-state index contributed by atoms with van der Waals surface area (Å²) in [6.45, 7) is 4.63. The lowest BCUT2D eigenvalue weighted by Crippen LogP contribution is -2.37. The number of hydrogen-bond donors (Lipinski definition) is 2. The van der Waals surface area contributed by atoms with Crippen molar-refractivity contribution in [3.05, 3.63) is 35.4 Å². The van der Waals surface area contributed by atoms with E-state index in [1.54, 1.807) is 19.2 Å². The van der Waals surface area contributed by atoms with Crippen molar-refractivity contribution < 1.29 is 27.4 Å². The molecule has 0 aliphatic carbocycles. The van der Waals surface area contributed by atoms with Crippen LogP contribution in [0.4, 0.5) is 13.2 Å². The topological polar surface area (TPSA) is 64.1 Å². The van der Waals surface area contributed by atoms with Crippen molar-refractivity contribution in [3.63, 3.8) is 0 Å². The lowest BCUT2D eigenvalue weighted by molar-refractivity contribution is -0.176. The van der Waals surface area contributed by atoms with Gasteiger partial charge in [0.15, 0.2) is 5.96 Å². The van der Waals surface area contributed by atoms with Crippen LogP contribution in [0.1, 0.15) is 30.9 Å². The molecule has 0 aromatic heterocycles. The standard InChI is InChI=1S/C20H32F3N3O3.HI/c1-3-24-19(25-10-4-5-11-28-13-12-27-2)26-14-17-6-8-18(9-7-17)15-29-16-20(21,22)23;/h6-9H,3-5,10-16H2,1-2H3,(H2,24,25,26);1H. The number of halogens is 4. The van der Waals surface area contributed by atoms with Gasteiger partial charge in [-0.3, -0.25) is 0 Å². The average Bonchev–Trinajstić information content (AvgIpc) is 2.68. The fourth-order valence-electron chi connectivity index (χ4n) is 2.32. The Balaban J connectivity index is 0.00000841. The molecule has 174 valence electrons. The Bertz CT molecular complexity index is 573. The zero-order valence-electron chi connectivity index (χ0n) is 17.6. The molecule has 0 fully saturated rings. The summed E-state index contributed by atoms with van der Waals surface area (Å²) < 4.78 is 51.3. The van der Waals surface area contributed by atoms with Gasteiger partial charge in [-0.15, -0.1) is 24.0 Å². The highest BCUT2D eigenvalue weighted by Crippen LogP contribution is 2.16. The molecule has 0 aliphatic rings. The van der Waals surface area contributed by atoms with Gasteiger partial charge in [-0.1, -0.05) is 24.3 Å². The number of benzene rings is 1. The number of alkyl halides is 3. The molecule has 1 aromatic rings. The molecule has 0 aliphatic heterocycles. The summed E-state index contributed by atoms with van der Waals surface area (Å²) in [5, 5.41) is 6.47. The number of nitrogens with zero attached hydrogens (tertiary/aromatic N) is 1. The number of unbranched alkanes of at least 4 members (excludes halogenated alkanes) is 1. The van der Waals surface area contributed by atoms with E-state index in [0.717, 1.165) is 37.5 Å². The van der Waals surface area contributed by atoms with Crippen LogP contribution in [0.3, 0.4) is 0 Å². The van der Waals surface area contributed by atoms with Crippen LogP contribution in [0, 0.1) is 0 Å². The molecular formula is C20H33F3IN3O3. The van der Waals surface area contributed by atoms with Crippen LogP contribution in [0.25, 0.3) is 0 Å². The van der Waals surface area contributed by atoms with Gasteiger partial charge in [-0.2, -0.15) is 13.2 Å². The van der Waals surface area contributed by atoms with Crippen LogP contribution in [-0.2, 0) is 27.4 Å². The molecule has 0 spiro atoms. The van der Waals surface area contributed by atoms with Crippen molar-refractivity contribution in [1.82, 2.24) is 10.6 Å². The van der Waals surface area contributed by atoms with Crippen molar-refractivity contribution in [3.8, 4) is 0 Å². The van der Waals surface area contributed by atoms with Crippen molar-refractivity contribution in [2.24, 2.45) is 4.99 Å². The maximum Gasteiger partial charge on any atom is 0.411 e. The minimum absolute atomic E-state index is 0. The molecule has 2 N–H and O–H groups in total. The molecule has 1 rings (SSSR count). The first kappa shape index (κ1) is 28.9. The molecule has 0 radical (unpaired) electrons. The van der Waals surface area contributed by atoms with Crippen molar-refractivity contribution in [2.75, 3.05) is 46.6 Å². The van der Waals surface area contributed by atoms with Gasteiger partial charge in [0.05, 0.1) is 26.4 Å². The summed E-state index contributed by atoms with van der Waals surface area (Å²) >= 11 is 0. The van der Waals surface area contributed by atoms with E-state index in [1.807, 2.05) is 19.1 Å². The summed E-state index contributed by atoms with van der Waals surface area (Å²) in [5.74, 6) is 0.727. The smallest absolute Gasteiger partial charge is 0.382 e. The maximum absolute atomic E-state index is 12.1. The second kappa shape index (κ2) is 17.6. The summed E-state index contributed by atoms with van der Waals surface area (Å²) in [4.78, 5) is 4.53. The third kappa shape index (κ3) is 15.7. The van der Waals surface area contributed by atoms with Crippen LogP contribution < -0.4 is 10.6 Å². The largest absolute Gasteiger partial charge is 0.411 e. The molecule has 6 nitrogen and oxygen atoms in total. The van der Waals surface area contributed by atoms with Gasteiger partial charge in [-0.05, 0) is 30.9 Å². The average molecular weight is 547 g/mol. The zero-order chi connectivity index (χ0) is 21.4. The number of methoxy groups -OCH3 is 1. The molecule has 0 atom stereocenters. The van der Waals surface area contributed by atoms with Crippen molar-refractivity contribution >= 4 is 29.9 Å². The molecule has 0 heterocycles. The number of ether oxygens (including phenoxy) is 3. The molecule has 30 heavy (non-hydrogen) atoms. The Morgan fingerprint density at radius 2 is 1.67 bits per heavy atom. The predicted octanol–water partition coefficient (Wildman–Crippen LogP) is 3.88. The van der Waals surface area contributed by atoms with Crippen LogP contribution in [0.15, 0.2) is 29.3 Å². The second-order valence-electron chi connectivity index (χ2n) is 6.36. The predicted molar refractivity (Wildman–Crippen MR) is 122 cm³/mol.